The van der Waals surface area contributed by atoms with E-state index in [1.807, 2.05) is 20.3 Å². The van der Waals surface area contributed by atoms with Gasteiger partial charge >= 0.3 is 0 Å². The van der Waals surface area contributed by atoms with E-state index >= 15 is 0 Å². The van der Waals surface area contributed by atoms with Gasteiger partial charge in [0.2, 0.25) is 0 Å². The zero-order chi connectivity index (χ0) is 15.6. The van der Waals surface area contributed by atoms with Gasteiger partial charge in [0.1, 0.15) is 10.6 Å². The molecule has 0 aliphatic rings. The minimum Gasteiger partial charge on any atom is -0.495 e. The van der Waals surface area contributed by atoms with Crippen LogP contribution in [-0.4, -0.2) is 38.6 Å². The van der Waals surface area contributed by atoms with Crippen molar-refractivity contribution >= 4 is 9.84 Å². The van der Waals surface area contributed by atoms with Gasteiger partial charge in [-0.1, -0.05) is 6.07 Å². The van der Waals surface area contributed by atoms with Crippen molar-refractivity contribution in [2.24, 2.45) is 7.05 Å². The van der Waals surface area contributed by atoms with Crippen molar-refractivity contribution in [1.29, 1.82) is 0 Å². The molecule has 0 saturated carbocycles. The van der Waals surface area contributed by atoms with Crippen LogP contribution in [0.4, 0.5) is 0 Å². The van der Waals surface area contributed by atoms with Gasteiger partial charge in [-0.3, -0.25) is 4.68 Å². The lowest BCUT2D eigenvalue weighted by molar-refractivity contribution is 0.403. The first kappa shape index (κ1) is 15.5. The molecule has 2 aromatic rings. The molecular formula is C14H19N3O3S. The summed E-state index contributed by atoms with van der Waals surface area (Å²) in [6, 6.07) is 5.01. The van der Waals surface area contributed by atoms with Gasteiger partial charge < -0.3 is 10.1 Å². The average molecular weight is 309 g/mol. The second-order valence-electron chi connectivity index (χ2n) is 4.84. The lowest BCUT2D eigenvalue weighted by Gasteiger charge is -2.09. The zero-order valence-electron chi connectivity index (χ0n) is 12.5. The fourth-order valence-corrected chi connectivity index (χ4v) is 3.04. The molecule has 0 aliphatic carbocycles. The number of benzene rings is 1. The van der Waals surface area contributed by atoms with E-state index in [-0.39, 0.29) is 4.90 Å². The van der Waals surface area contributed by atoms with Gasteiger partial charge in [0.15, 0.2) is 9.84 Å². The van der Waals surface area contributed by atoms with Crippen LogP contribution in [0.1, 0.15) is 5.56 Å². The smallest absolute Gasteiger partial charge is 0.179 e. The van der Waals surface area contributed by atoms with Crippen LogP contribution in [0.3, 0.4) is 0 Å². The quantitative estimate of drug-likeness (QED) is 0.899. The molecule has 0 saturated heterocycles. The SMILES string of the molecule is CNCc1cn(C)nc1-c1ccc(S(C)(=O)=O)c(OC)c1. The number of methoxy groups -OCH3 is 1. The second kappa shape index (κ2) is 5.87. The fourth-order valence-electron chi connectivity index (χ4n) is 2.22. The molecule has 0 bridgehead atoms. The maximum absolute atomic E-state index is 11.7. The molecule has 0 radical (unpaired) electrons. The van der Waals surface area contributed by atoms with Crippen LogP contribution in [0, 0.1) is 0 Å². The summed E-state index contributed by atoms with van der Waals surface area (Å²) in [5, 5.41) is 7.53. The number of nitrogens with one attached hydrogen (secondary N) is 1. The Morgan fingerprint density at radius 3 is 2.67 bits per heavy atom. The van der Waals surface area contributed by atoms with E-state index in [1.165, 1.54) is 7.11 Å². The van der Waals surface area contributed by atoms with Crippen molar-refractivity contribution in [2.45, 2.75) is 11.4 Å². The number of sulfone groups is 1. The monoisotopic (exact) mass is 309 g/mol. The van der Waals surface area contributed by atoms with Crippen LogP contribution >= 0.6 is 0 Å². The van der Waals surface area contributed by atoms with Crippen LogP contribution in [-0.2, 0) is 23.4 Å². The highest BCUT2D eigenvalue weighted by Gasteiger charge is 2.17. The van der Waals surface area contributed by atoms with Crippen LogP contribution in [0.5, 0.6) is 5.75 Å². The van der Waals surface area contributed by atoms with Crippen molar-refractivity contribution in [1.82, 2.24) is 15.1 Å². The van der Waals surface area contributed by atoms with Gasteiger partial charge in [-0.2, -0.15) is 5.10 Å². The van der Waals surface area contributed by atoms with E-state index in [1.54, 1.807) is 22.9 Å². The first-order valence-electron chi connectivity index (χ1n) is 6.42. The Morgan fingerprint density at radius 2 is 2.10 bits per heavy atom. The number of aromatic nitrogens is 2. The Balaban J connectivity index is 2.56. The summed E-state index contributed by atoms with van der Waals surface area (Å²) in [6.07, 6.45) is 3.10. The third kappa shape index (κ3) is 3.25. The second-order valence-corrected chi connectivity index (χ2v) is 6.83. The maximum Gasteiger partial charge on any atom is 0.179 e. The van der Waals surface area contributed by atoms with Crippen molar-refractivity contribution in [2.75, 3.05) is 20.4 Å². The Labute approximate surface area is 124 Å². The van der Waals surface area contributed by atoms with Crippen LogP contribution in [0.25, 0.3) is 11.3 Å². The molecule has 0 spiro atoms. The Kier molecular flexibility index (Phi) is 4.34. The number of nitrogens with zero attached hydrogens (tertiary/aromatic N) is 2. The van der Waals surface area contributed by atoms with Crippen LogP contribution in [0.15, 0.2) is 29.3 Å². The van der Waals surface area contributed by atoms with E-state index in [0.717, 1.165) is 23.1 Å². The van der Waals surface area contributed by atoms with Gasteiger partial charge in [0.25, 0.3) is 0 Å². The summed E-state index contributed by atoms with van der Waals surface area (Å²) in [7, 11) is 1.85. The minimum absolute atomic E-state index is 0.180. The number of hydrogen-bond acceptors (Lipinski definition) is 5. The minimum atomic E-state index is -3.32. The lowest BCUT2D eigenvalue weighted by atomic mass is 10.1. The maximum atomic E-state index is 11.7. The van der Waals surface area contributed by atoms with Gasteiger partial charge in [0, 0.05) is 37.2 Å². The van der Waals surface area contributed by atoms with Crippen molar-refractivity contribution < 1.29 is 13.2 Å². The number of hydrogen-bond donors (Lipinski definition) is 1. The molecule has 7 heteroatoms. The van der Waals surface area contributed by atoms with E-state index in [0.29, 0.717) is 12.3 Å². The normalized spacial score (nSPS) is 11.6. The van der Waals surface area contributed by atoms with Crippen molar-refractivity contribution in [3.8, 4) is 17.0 Å². The summed E-state index contributed by atoms with van der Waals surface area (Å²) in [5.74, 6) is 0.330. The topological polar surface area (TPSA) is 73.2 Å². The van der Waals surface area contributed by atoms with Crippen LogP contribution < -0.4 is 10.1 Å². The first-order chi connectivity index (χ1) is 9.86. The molecule has 1 aromatic carbocycles. The summed E-state index contributed by atoms with van der Waals surface area (Å²) in [5.41, 5.74) is 2.67. The highest BCUT2D eigenvalue weighted by molar-refractivity contribution is 7.90. The summed E-state index contributed by atoms with van der Waals surface area (Å²) in [6.45, 7) is 0.680. The number of ether oxygens (including phenoxy) is 1. The molecule has 0 fully saturated rings. The summed E-state index contributed by atoms with van der Waals surface area (Å²) >= 11 is 0. The molecule has 1 heterocycles. The third-order valence-corrected chi connectivity index (χ3v) is 4.24. The molecule has 0 unspecified atom stereocenters. The Morgan fingerprint density at radius 1 is 1.38 bits per heavy atom. The average Bonchev–Trinajstić information content (AvgIpc) is 2.78. The van der Waals surface area contributed by atoms with Crippen molar-refractivity contribution in [3.63, 3.8) is 0 Å². The highest BCUT2D eigenvalue weighted by Crippen LogP contribution is 2.30. The predicted molar refractivity (Wildman–Crippen MR) is 81.1 cm³/mol. The van der Waals surface area contributed by atoms with E-state index in [9.17, 15) is 8.42 Å². The summed E-state index contributed by atoms with van der Waals surface area (Å²) in [4.78, 5) is 0.180. The Hall–Kier alpha value is -1.86. The van der Waals surface area contributed by atoms with Gasteiger partial charge in [-0.15, -0.1) is 0 Å². The molecule has 1 N–H and O–H groups in total. The molecule has 2 rings (SSSR count). The van der Waals surface area contributed by atoms with Gasteiger partial charge in [-0.25, -0.2) is 8.42 Å². The predicted octanol–water partition coefficient (Wildman–Crippen LogP) is 1.22. The fraction of sp³-hybridized carbons (Fsp3) is 0.357. The van der Waals surface area contributed by atoms with E-state index in [4.69, 9.17) is 4.74 Å². The third-order valence-electron chi connectivity index (χ3n) is 3.11. The largest absolute Gasteiger partial charge is 0.495 e. The zero-order valence-corrected chi connectivity index (χ0v) is 13.4. The molecule has 6 nitrogen and oxygen atoms in total. The molecule has 0 aliphatic heterocycles. The molecular weight excluding hydrogens is 290 g/mol. The van der Waals surface area contributed by atoms with E-state index < -0.39 is 9.84 Å². The summed E-state index contributed by atoms with van der Waals surface area (Å²) < 4.78 is 30.4. The molecule has 1 aromatic heterocycles. The van der Waals surface area contributed by atoms with Gasteiger partial charge in [0.05, 0.1) is 12.8 Å². The molecule has 114 valence electrons. The molecule has 21 heavy (non-hydrogen) atoms. The van der Waals surface area contributed by atoms with Crippen molar-refractivity contribution in [3.05, 3.63) is 30.0 Å². The van der Waals surface area contributed by atoms with E-state index in [2.05, 4.69) is 10.4 Å². The number of aryl methyl sites for hydroxylation is 1. The number of rotatable bonds is 5. The molecule has 0 amide bonds. The molecule has 0 atom stereocenters. The lowest BCUT2D eigenvalue weighted by Crippen LogP contribution is -2.05. The van der Waals surface area contributed by atoms with Gasteiger partial charge in [-0.05, 0) is 19.2 Å². The highest BCUT2D eigenvalue weighted by atomic mass is 32.2. The Bertz CT molecular complexity index is 751. The first-order valence-corrected chi connectivity index (χ1v) is 8.31. The van der Waals surface area contributed by atoms with Crippen LogP contribution in [0.2, 0.25) is 0 Å². The standard InChI is InChI=1S/C14H19N3O3S/c1-15-8-11-9-17(2)16-14(11)10-5-6-13(21(4,18)19)12(7-10)20-3/h5-7,9,15H,8H2,1-4H3.